The topological polar surface area (TPSA) is 25.8 Å². The number of benzene rings is 1. The summed E-state index contributed by atoms with van der Waals surface area (Å²) in [5.74, 6) is 0. The Morgan fingerprint density at radius 2 is 1.10 bits per heavy atom. The molecule has 0 aliphatic heterocycles. The molecule has 0 unspecified atom stereocenters. The monoisotopic (exact) mass is 600 g/mol. The molecule has 5 rings (SSSR count). The summed E-state index contributed by atoms with van der Waals surface area (Å²) in [7, 11) is -0.636. The van der Waals surface area contributed by atoms with Gasteiger partial charge in [0.05, 0.1) is 11.4 Å². The van der Waals surface area contributed by atoms with Gasteiger partial charge < -0.3 is 12.4 Å². The molecule has 1 aliphatic rings. The van der Waals surface area contributed by atoms with Gasteiger partial charge in [-0.15, -0.1) is 0 Å². The fourth-order valence-electron chi connectivity index (χ4n) is 4.19. The van der Waals surface area contributed by atoms with E-state index in [0.29, 0.717) is 0 Å². The molecule has 0 saturated heterocycles. The number of nitrogens with zero attached hydrogens (tertiary/aromatic N) is 2. The Morgan fingerprint density at radius 3 is 1.55 bits per heavy atom. The third kappa shape index (κ3) is 4.14. The molecule has 1 aliphatic carbocycles. The standard InChI is InChI=1S/C24H21N2P.Au.ClH/c1-2-10-18(11-3-1)27-23(21-14-6-8-16-25-21)19-12-4-5-13-20(19)24(27)22-15-7-9-17-26-22;;/h1-3,6-11,14-17H,4-5,12-13H2;;1H/q;+1;/p-1. The molecule has 1 aromatic carbocycles. The molecule has 0 saturated carbocycles. The van der Waals surface area contributed by atoms with Crippen molar-refractivity contribution in [2.75, 3.05) is 0 Å². The molecule has 3 heterocycles. The maximum atomic E-state index is 4.77. The van der Waals surface area contributed by atoms with Gasteiger partial charge in [-0.3, -0.25) is 9.97 Å². The fourth-order valence-corrected chi connectivity index (χ4v) is 7.16. The van der Waals surface area contributed by atoms with E-state index in [1.54, 1.807) is 0 Å². The Morgan fingerprint density at radius 1 is 0.621 bits per heavy atom. The molecule has 29 heavy (non-hydrogen) atoms. The number of hydrogen-bond donors (Lipinski definition) is 0. The zero-order chi connectivity index (χ0) is 18.1. The SMILES string of the molecule is [Au+].[Cl-].c1ccc(-p2c(-c3ccccn3)c3c(c2-c2ccccn2)CCCC3)cc1. The Hall–Kier alpha value is -1.67. The van der Waals surface area contributed by atoms with Crippen LogP contribution in [0.1, 0.15) is 24.0 Å². The van der Waals surface area contributed by atoms with Crippen LogP contribution in [0.15, 0.2) is 79.1 Å². The van der Waals surface area contributed by atoms with Crippen LogP contribution in [0.2, 0.25) is 0 Å². The van der Waals surface area contributed by atoms with E-state index in [1.165, 1.54) is 39.9 Å². The van der Waals surface area contributed by atoms with Crippen molar-refractivity contribution in [2.45, 2.75) is 25.7 Å². The molecule has 0 amide bonds. The van der Waals surface area contributed by atoms with E-state index in [1.807, 2.05) is 24.5 Å². The van der Waals surface area contributed by atoms with Crippen molar-refractivity contribution in [3.63, 3.8) is 0 Å². The van der Waals surface area contributed by atoms with Gasteiger partial charge in [0.15, 0.2) is 0 Å². The van der Waals surface area contributed by atoms with Crippen LogP contribution in [0.5, 0.6) is 0 Å². The van der Waals surface area contributed by atoms with Gasteiger partial charge in [-0.1, -0.05) is 50.0 Å². The molecule has 0 N–H and O–H groups in total. The average Bonchev–Trinajstić information content (AvgIpc) is 3.11. The van der Waals surface area contributed by atoms with Crippen molar-refractivity contribution < 1.29 is 34.8 Å². The summed E-state index contributed by atoms with van der Waals surface area (Å²) in [6.07, 6.45) is 8.68. The minimum absolute atomic E-state index is 0. The van der Waals surface area contributed by atoms with Crippen molar-refractivity contribution in [3.8, 4) is 27.3 Å². The average molecular weight is 601 g/mol. The maximum absolute atomic E-state index is 4.77. The first-order valence-corrected chi connectivity index (χ1v) is 10.9. The van der Waals surface area contributed by atoms with Gasteiger partial charge in [0, 0.05) is 23.0 Å². The van der Waals surface area contributed by atoms with Gasteiger partial charge in [-0.25, -0.2) is 0 Å². The Balaban J connectivity index is 0.00000120. The minimum atomic E-state index is -0.636. The molecule has 150 valence electrons. The van der Waals surface area contributed by atoms with E-state index >= 15 is 0 Å². The van der Waals surface area contributed by atoms with Crippen LogP contribution < -0.4 is 12.4 Å². The molecule has 5 heteroatoms. The first-order valence-electron chi connectivity index (χ1n) is 9.58. The van der Waals surface area contributed by atoms with Crippen LogP contribution in [0, 0.1) is 0 Å². The maximum Gasteiger partial charge on any atom is 1.00 e. The quantitative estimate of drug-likeness (QED) is 0.336. The first-order chi connectivity index (χ1) is 13.4. The normalized spacial score (nSPS) is 12.4. The minimum Gasteiger partial charge on any atom is -1.00 e. The molecule has 2 nitrogen and oxygen atoms in total. The van der Waals surface area contributed by atoms with Crippen LogP contribution in [-0.4, -0.2) is 9.97 Å². The van der Waals surface area contributed by atoms with E-state index in [4.69, 9.17) is 9.97 Å². The third-order valence-electron chi connectivity index (χ3n) is 5.32. The number of pyridine rings is 2. The summed E-state index contributed by atoms with van der Waals surface area (Å²) in [5.41, 5.74) is 5.34. The van der Waals surface area contributed by atoms with Crippen LogP contribution in [0.4, 0.5) is 0 Å². The molecule has 0 atom stereocenters. The predicted octanol–water partition coefficient (Wildman–Crippen LogP) is 3.67. The van der Waals surface area contributed by atoms with Crippen LogP contribution in [0.3, 0.4) is 0 Å². The first kappa shape index (κ1) is 22.0. The largest absolute Gasteiger partial charge is 1.00 e. The van der Waals surface area contributed by atoms with Crippen LogP contribution in [0.25, 0.3) is 27.3 Å². The summed E-state index contributed by atoms with van der Waals surface area (Å²) in [4.78, 5) is 9.53. The van der Waals surface area contributed by atoms with Crippen molar-refractivity contribution in [3.05, 3.63) is 90.3 Å². The Labute approximate surface area is 194 Å². The number of halogens is 1. The summed E-state index contributed by atoms with van der Waals surface area (Å²) in [6.45, 7) is 0. The van der Waals surface area contributed by atoms with Crippen molar-refractivity contribution >= 4 is 7.53 Å². The second kappa shape index (κ2) is 9.89. The molecule has 0 fully saturated rings. The second-order valence-corrected chi connectivity index (χ2v) is 9.04. The number of aromatic nitrogens is 2. The smallest absolute Gasteiger partial charge is 1.00 e. The van der Waals surface area contributed by atoms with Gasteiger partial charge >= 0.3 is 22.4 Å². The zero-order valence-electron chi connectivity index (χ0n) is 15.9. The van der Waals surface area contributed by atoms with E-state index in [2.05, 4.69) is 54.6 Å². The number of rotatable bonds is 3. The van der Waals surface area contributed by atoms with Crippen LogP contribution >= 0.6 is 7.53 Å². The molecular weight excluding hydrogens is 580 g/mol. The third-order valence-corrected chi connectivity index (χ3v) is 8.02. The van der Waals surface area contributed by atoms with Crippen molar-refractivity contribution in [1.82, 2.24) is 9.97 Å². The Bertz CT molecular complexity index is 1000. The van der Waals surface area contributed by atoms with E-state index in [0.717, 1.165) is 24.2 Å². The fraction of sp³-hybridized carbons (Fsp3) is 0.167. The van der Waals surface area contributed by atoms with Crippen molar-refractivity contribution in [2.24, 2.45) is 0 Å². The molecule has 0 bridgehead atoms. The van der Waals surface area contributed by atoms with E-state index in [9.17, 15) is 0 Å². The van der Waals surface area contributed by atoms with E-state index in [-0.39, 0.29) is 34.8 Å². The molecule has 3 aromatic heterocycles. The van der Waals surface area contributed by atoms with Gasteiger partial charge in [-0.2, -0.15) is 0 Å². The summed E-state index contributed by atoms with van der Waals surface area (Å²) in [5, 5.41) is 4.29. The summed E-state index contributed by atoms with van der Waals surface area (Å²) >= 11 is 0. The molecule has 0 spiro atoms. The number of fused-ring (bicyclic) bond motifs is 1. The van der Waals surface area contributed by atoms with Gasteiger partial charge in [0.2, 0.25) is 0 Å². The van der Waals surface area contributed by atoms with Gasteiger partial charge in [-0.05, 0) is 66.4 Å². The van der Waals surface area contributed by atoms with Gasteiger partial charge in [0.25, 0.3) is 0 Å². The van der Waals surface area contributed by atoms with Crippen LogP contribution in [-0.2, 0) is 35.2 Å². The van der Waals surface area contributed by atoms with Crippen molar-refractivity contribution in [1.29, 1.82) is 0 Å². The molecule has 0 radical (unpaired) electrons. The Kier molecular flexibility index (Phi) is 7.51. The summed E-state index contributed by atoms with van der Waals surface area (Å²) < 4.78 is 0. The predicted molar refractivity (Wildman–Crippen MR) is 114 cm³/mol. The molecular formula is C24H21AuClN2P. The molecule has 4 aromatic rings. The summed E-state index contributed by atoms with van der Waals surface area (Å²) in [6, 6.07) is 23.5. The van der Waals surface area contributed by atoms with Gasteiger partial charge in [0.1, 0.15) is 0 Å². The zero-order valence-corrected chi connectivity index (χ0v) is 19.7. The number of hydrogen-bond acceptors (Lipinski definition) is 2. The second-order valence-electron chi connectivity index (χ2n) is 6.96. The van der Waals surface area contributed by atoms with E-state index < -0.39 is 7.53 Å².